The van der Waals surface area contributed by atoms with Gasteiger partial charge >= 0.3 is 0 Å². The standard InChI is InChI=1S/C15H21FN2O/c16-14-7-6-12(13(9-14)10-17)11-18-8-4-2-1-3-5-15(18)19/h6-7,9H,1-5,8,10-11,17H2. The molecule has 0 aromatic heterocycles. The van der Waals surface area contributed by atoms with Gasteiger partial charge in [-0.25, -0.2) is 4.39 Å². The van der Waals surface area contributed by atoms with Gasteiger partial charge in [0.2, 0.25) is 5.91 Å². The molecule has 4 heteroatoms. The van der Waals surface area contributed by atoms with Crippen molar-refractivity contribution in [2.24, 2.45) is 5.73 Å². The number of carbonyl (C=O) groups is 1. The Morgan fingerprint density at radius 3 is 2.74 bits per heavy atom. The van der Waals surface area contributed by atoms with E-state index in [0.29, 0.717) is 19.5 Å². The van der Waals surface area contributed by atoms with Crippen molar-refractivity contribution in [1.29, 1.82) is 0 Å². The van der Waals surface area contributed by atoms with Crippen molar-refractivity contribution in [1.82, 2.24) is 4.90 Å². The van der Waals surface area contributed by atoms with Crippen molar-refractivity contribution in [2.45, 2.75) is 45.2 Å². The van der Waals surface area contributed by atoms with Crippen LogP contribution in [0.2, 0.25) is 0 Å². The van der Waals surface area contributed by atoms with Gasteiger partial charge in [0.15, 0.2) is 0 Å². The fourth-order valence-corrected chi connectivity index (χ4v) is 2.53. The third-order valence-corrected chi connectivity index (χ3v) is 3.67. The lowest BCUT2D eigenvalue weighted by Crippen LogP contribution is -2.32. The summed E-state index contributed by atoms with van der Waals surface area (Å²) in [4.78, 5) is 13.9. The van der Waals surface area contributed by atoms with Crippen LogP contribution >= 0.6 is 0 Å². The molecule has 1 aromatic rings. The maximum atomic E-state index is 13.2. The minimum atomic E-state index is -0.275. The summed E-state index contributed by atoms with van der Waals surface area (Å²) in [5.41, 5.74) is 7.39. The van der Waals surface area contributed by atoms with E-state index in [2.05, 4.69) is 0 Å². The van der Waals surface area contributed by atoms with Crippen LogP contribution < -0.4 is 5.73 Å². The van der Waals surface area contributed by atoms with E-state index in [0.717, 1.165) is 36.9 Å². The van der Waals surface area contributed by atoms with E-state index in [1.807, 2.05) is 4.90 Å². The van der Waals surface area contributed by atoms with Gasteiger partial charge in [-0.2, -0.15) is 0 Å². The molecule has 0 atom stereocenters. The number of nitrogens with zero attached hydrogens (tertiary/aromatic N) is 1. The first-order valence-corrected chi connectivity index (χ1v) is 6.96. The highest BCUT2D eigenvalue weighted by Gasteiger charge is 2.17. The lowest BCUT2D eigenvalue weighted by Gasteiger charge is -2.25. The average molecular weight is 264 g/mol. The number of hydrogen-bond donors (Lipinski definition) is 1. The molecule has 0 spiro atoms. The lowest BCUT2D eigenvalue weighted by atomic mass is 10.0. The van der Waals surface area contributed by atoms with Gasteiger partial charge in [0.05, 0.1) is 0 Å². The third-order valence-electron chi connectivity index (χ3n) is 3.67. The van der Waals surface area contributed by atoms with Crippen molar-refractivity contribution in [3.8, 4) is 0 Å². The van der Waals surface area contributed by atoms with Gasteiger partial charge in [-0.05, 0) is 36.1 Å². The van der Waals surface area contributed by atoms with Gasteiger partial charge in [0, 0.05) is 26.1 Å². The zero-order valence-corrected chi connectivity index (χ0v) is 11.2. The van der Waals surface area contributed by atoms with Crippen molar-refractivity contribution >= 4 is 5.91 Å². The molecule has 1 saturated heterocycles. The van der Waals surface area contributed by atoms with Crippen LogP contribution in [0.3, 0.4) is 0 Å². The highest BCUT2D eigenvalue weighted by molar-refractivity contribution is 5.76. The first-order valence-electron chi connectivity index (χ1n) is 6.96. The number of nitrogens with two attached hydrogens (primary N) is 1. The minimum absolute atomic E-state index is 0.201. The monoisotopic (exact) mass is 264 g/mol. The molecule has 0 bridgehead atoms. The Bertz CT molecular complexity index is 448. The van der Waals surface area contributed by atoms with Gasteiger partial charge in [-0.3, -0.25) is 4.79 Å². The molecule has 2 N–H and O–H groups in total. The fourth-order valence-electron chi connectivity index (χ4n) is 2.53. The topological polar surface area (TPSA) is 46.3 Å². The third kappa shape index (κ3) is 3.77. The molecule has 0 radical (unpaired) electrons. The Hall–Kier alpha value is -1.42. The Labute approximate surface area is 113 Å². The number of benzene rings is 1. The second kappa shape index (κ2) is 6.66. The largest absolute Gasteiger partial charge is 0.338 e. The first kappa shape index (κ1) is 14.0. The van der Waals surface area contributed by atoms with Gasteiger partial charge in [-0.1, -0.05) is 18.9 Å². The second-order valence-electron chi connectivity index (χ2n) is 5.10. The Morgan fingerprint density at radius 1 is 1.16 bits per heavy atom. The summed E-state index contributed by atoms with van der Waals surface area (Å²) in [5.74, 6) is -0.0739. The van der Waals surface area contributed by atoms with Crippen molar-refractivity contribution in [3.05, 3.63) is 35.1 Å². The maximum absolute atomic E-state index is 13.2. The van der Waals surface area contributed by atoms with Gasteiger partial charge in [-0.15, -0.1) is 0 Å². The summed E-state index contributed by atoms with van der Waals surface area (Å²) in [6, 6.07) is 4.64. The van der Waals surface area contributed by atoms with Crippen LogP contribution in [-0.2, 0) is 17.9 Å². The van der Waals surface area contributed by atoms with Gasteiger partial charge in [0.1, 0.15) is 5.82 Å². The van der Waals surface area contributed by atoms with Crippen LogP contribution in [0.4, 0.5) is 4.39 Å². The Kier molecular flexibility index (Phi) is 4.91. The van der Waals surface area contributed by atoms with E-state index in [1.54, 1.807) is 6.07 Å². The number of amides is 1. The first-order chi connectivity index (χ1) is 9.20. The smallest absolute Gasteiger partial charge is 0.222 e. The number of hydrogen-bond acceptors (Lipinski definition) is 2. The van der Waals surface area contributed by atoms with Crippen LogP contribution in [0.15, 0.2) is 18.2 Å². The van der Waals surface area contributed by atoms with Gasteiger partial charge < -0.3 is 10.6 Å². The zero-order valence-electron chi connectivity index (χ0n) is 11.2. The average Bonchev–Trinajstić information content (AvgIpc) is 2.40. The molecule has 0 unspecified atom stereocenters. The Balaban J connectivity index is 2.11. The number of carbonyl (C=O) groups excluding carboxylic acids is 1. The lowest BCUT2D eigenvalue weighted by molar-refractivity contribution is -0.132. The summed E-state index contributed by atoms with van der Waals surface area (Å²) in [6.45, 7) is 1.64. The molecule has 19 heavy (non-hydrogen) atoms. The highest BCUT2D eigenvalue weighted by atomic mass is 19.1. The molecule has 3 nitrogen and oxygen atoms in total. The predicted molar refractivity (Wildman–Crippen MR) is 72.8 cm³/mol. The quantitative estimate of drug-likeness (QED) is 0.912. The summed E-state index contributed by atoms with van der Waals surface area (Å²) >= 11 is 0. The van der Waals surface area contributed by atoms with E-state index >= 15 is 0 Å². The fraction of sp³-hybridized carbons (Fsp3) is 0.533. The van der Waals surface area contributed by atoms with E-state index in [9.17, 15) is 9.18 Å². The number of halogens is 1. The van der Waals surface area contributed by atoms with Crippen LogP contribution in [-0.4, -0.2) is 17.4 Å². The summed E-state index contributed by atoms with van der Waals surface area (Å²) in [7, 11) is 0. The molecule has 0 aliphatic carbocycles. The molecule has 1 amide bonds. The molecule has 1 fully saturated rings. The van der Waals surface area contributed by atoms with E-state index in [-0.39, 0.29) is 11.7 Å². The summed E-state index contributed by atoms with van der Waals surface area (Å²) in [5, 5.41) is 0. The van der Waals surface area contributed by atoms with Crippen LogP contribution in [0.1, 0.15) is 43.2 Å². The van der Waals surface area contributed by atoms with Crippen molar-refractivity contribution in [3.63, 3.8) is 0 Å². The molecule has 0 saturated carbocycles. The van der Waals surface area contributed by atoms with E-state index in [4.69, 9.17) is 5.73 Å². The normalized spacial score (nSPS) is 17.2. The molecule has 104 valence electrons. The van der Waals surface area contributed by atoms with Crippen molar-refractivity contribution < 1.29 is 9.18 Å². The molecular weight excluding hydrogens is 243 g/mol. The molecule has 1 heterocycles. The molecule has 1 aliphatic heterocycles. The molecule has 2 rings (SSSR count). The molecule has 1 aromatic carbocycles. The summed E-state index contributed by atoms with van der Waals surface area (Å²) < 4.78 is 13.2. The zero-order chi connectivity index (χ0) is 13.7. The van der Waals surface area contributed by atoms with Gasteiger partial charge in [0.25, 0.3) is 0 Å². The highest BCUT2D eigenvalue weighted by Crippen LogP contribution is 2.17. The molecular formula is C15H21FN2O. The minimum Gasteiger partial charge on any atom is -0.338 e. The van der Waals surface area contributed by atoms with Crippen LogP contribution in [0.5, 0.6) is 0 Å². The summed E-state index contributed by atoms with van der Waals surface area (Å²) in [6.07, 6.45) is 4.97. The van der Waals surface area contributed by atoms with Crippen molar-refractivity contribution in [2.75, 3.05) is 6.54 Å². The van der Waals surface area contributed by atoms with E-state index in [1.165, 1.54) is 18.6 Å². The maximum Gasteiger partial charge on any atom is 0.222 e. The number of likely N-dealkylation sites (tertiary alicyclic amines) is 1. The predicted octanol–water partition coefficient (Wildman–Crippen LogP) is 2.58. The Morgan fingerprint density at radius 2 is 1.95 bits per heavy atom. The molecule has 1 aliphatic rings. The van der Waals surface area contributed by atoms with Crippen LogP contribution in [0, 0.1) is 5.82 Å². The van der Waals surface area contributed by atoms with E-state index < -0.39 is 0 Å². The number of rotatable bonds is 3. The second-order valence-corrected chi connectivity index (χ2v) is 5.10. The van der Waals surface area contributed by atoms with Crippen LogP contribution in [0.25, 0.3) is 0 Å². The SMILES string of the molecule is NCc1cc(F)ccc1CN1CCCCCCC1=O.